The molecule has 0 N–H and O–H groups in total. The maximum Gasteiger partial charge on any atom is 0.206 e. The first-order valence-corrected chi connectivity index (χ1v) is 3.86. The molecule has 0 spiro atoms. The maximum absolute atomic E-state index is 13.2. The summed E-state index contributed by atoms with van der Waals surface area (Å²) in [5.74, 6) is -2.32. The number of allylic oxidation sites excluding steroid dienone is 4. The quantitative estimate of drug-likeness (QED) is 0.469. The molecule has 0 saturated carbocycles. The van der Waals surface area contributed by atoms with Crippen LogP contribution in [0.15, 0.2) is 32.7 Å². The summed E-state index contributed by atoms with van der Waals surface area (Å²) in [6.45, 7) is 0. The second kappa shape index (κ2) is 4.45. The lowest BCUT2D eigenvalue weighted by atomic mass is 10.1. The zero-order valence-corrected chi connectivity index (χ0v) is 7.76. The van der Waals surface area contributed by atoms with E-state index in [1.165, 1.54) is 12.4 Å². The van der Waals surface area contributed by atoms with E-state index >= 15 is 0 Å². The normalized spacial score (nSPS) is 21.3. The first-order chi connectivity index (χ1) is 7.11. The maximum atomic E-state index is 13.2. The minimum Gasteiger partial charge on any atom is -0.204 e. The molecule has 0 aromatic heterocycles. The van der Waals surface area contributed by atoms with Gasteiger partial charge in [-0.1, -0.05) is 11.6 Å². The van der Waals surface area contributed by atoms with E-state index in [9.17, 15) is 8.78 Å². The molecule has 0 fully saturated rings. The van der Waals surface area contributed by atoms with Crippen molar-refractivity contribution in [1.82, 2.24) is 0 Å². The average Bonchev–Trinajstić information content (AvgIpc) is 2.21. The SMILES string of the molecule is N#CN=C1C=C(F)C(=NC#N)C(F)=C1Cl. The van der Waals surface area contributed by atoms with Crippen molar-refractivity contribution in [1.29, 1.82) is 10.5 Å². The Morgan fingerprint density at radius 2 is 1.80 bits per heavy atom. The smallest absolute Gasteiger partial charge is 0.204 e. The van der Waals surface area contributed by atoms with Crippen LogP contribution in [0.3, 0.4) is 0 Å². The Bertz CT molecular complexity index is 502. The van der Waals surface area contributed by atoms with Gasteiger partial charge in [0.2, 0.25) is 12.4 Å². The highest BCUT2D eigenvalue weighted by molar-refractivity contribution is 6.49. The van der Waals surface area contributed by atoms with Gasteiger partial charge in [0.25, 0.3) is 0 Å². The Labute approximate surface area is 88.1 Å². The summed E-state index contributed by atoms with van der Waals surface area (Å²) in [5, 5.41) is 15.8. The van der Waals surface area contributed by atoms with Crippen LogP contribution in [0.4, 0.5) is 8.78 Å². The van der Waals surface area contributed by atoms with Crippen LogP contribution in [0.1, 0.15) is 0 Å². The Hall–Kier alpha value is -2.05. The molecule has 0 unspecified atom stereocenters. The van der Waals surface area contributed by atoms with Crippen LogP contribution in [0, 0.1) is 22.9 Å². The van der Waals surface area contributed by atoms with Crippen molar-refractivity contribution in [3.8, 4) is 12.4 Å². The molecular formula is C8HClF2N4. The minimum absolute atomic E-state index is 0.342. The van der Waals surface area contributed by atoms with Crippen LogP contribution in [-0.2, 0) is 0 Å². The van der Waals surface area contributed by atoms with Crippen molar-refractivity contribution < 1.29 is 8.78 Å². The largest absolute Gasteiger partial charge is 0.206 e. The molecule has 1 aliphatic carbocycles. The lowest BCUT2D eigenvalue weighted by Crippen LogP contribution is -2.12. The average molecular weight is 227 g/mol. The van der Waals surface area contributed by atoms with E-state index in [1.807, 2.05) is 0 Å². The summed E-state index contributed by atoms with van der Waals surface area (Å²) in [5.41, 5.74) is -1.13. The first kappa shape index (κ1) is 11.0. The molecule has 0 aromatic rings. The molecule has 74 valence electrons. The molecule has 0 amide bonds. The Morgan fingerprint density at radius 3 is 2.33 bits per heavy atom. The van der Waals surface area contributed by atoms with Crippen LogP contribution < -0.4 is 0 Å². The highest BCUT2D eigenvalue weighted by Gasteiger charge is 2.25. The van der Waals surface area contributed by atoms with Gasteiger partial charge in [0, 0.05) is 6.08 Å². The summed E-state index contributed by atoms with van der Waals surface area (Å²) < 4.78 is 26.3. The summed E-state index contributed by atoms with van der Waals surface area (Å²) in [4.78, 5) is 6.01. The molecule has 0 aromatic carbocycles. The number of nitriles is 2. The molecule has 1 rings (SSSR count). The van der Waals surface area contributed by atoms with Crippen LogP contribution >= 0.6 is 11.6 Å². The van der Waals surface area contributed by atoms with E-state index in [0.29, 0.717) is 0 Å². The van der Waals surface area contributed by atoms with Crippen molar-refractivity contribution in [3.05, 3.63) is 22.8 Å². The highest BCUT2D eigenvalue weighted by atomic mass is 35.5. The van der Waals surface area contributed by atoms with E-state index in [2.05, 4.69) is 9.98 Å². The van der Waals surface area contributed by atoms with Gasteiger partial charge >= 0.3 is 0 Å². The van der Waals surface area contributed by atoms with Gasteiger partial charge in [0.05, 0.1) is 0 Å². The Balaban J connectivity index is 3.35. The lowest BCUT2D eigenvalue weighted by molar-refractivity contribution is 0.644. The standard InChI is InChI=1S/C8HClF2N4/c9-6-5(14-2-12)1-4(10)8(7(6)11)15-3-13/h1H. The van der Waals surface area contributed by atoms with Crippen molar-refractivity contribution >= 4 is 23.0 Å². The van der Waals surface area contributed by atoms with Crippen LogP contribution in [0.25, 0.3) is 0 Å². The van der Waals surface area contributed by atoms with Crippen molar-refractivity contribution in [2.24, 2.45) is 9.98 Å². The third-order valence-corrected chi connectivity index (χ3v) is 1.81. The van der Waals surface area contributed by atoms with Crippen molar-refractivity contribution in [3.63, 3.8) is 0 Å². The van der Waals surface area contributed by atoms with Crippen molar-refractivity contribution in [2.75, 3.05) is 0 Å². The summed E-state index contributed by atoms with van der Waals surface area (Å²) in [6, 6.07) is 0. The van der Waals surface area contributed by atoms with Gasteiger partial charge in [-0.2, -0.15) is 20.5 Å². The van der Waals surface area contributed by atoms with Gasteiger partial charge < -0.3 is 0 Å². The second-order valence-electron chi connectivity index (χ2n) is 2.28. The zero-order valence-electron chi connectivity index (χ0n) is 7.00. The summed E-state index contributed by atoms with van der Waals surface area (Å²) in [6.07, 6.45) is 3.30. The number of aliphatic imine (C=N–C) groups is 2. The van der Waals surface area contributed by atoms with Gasteiger partial charge in [-0.3, -0.25) is 0 Å². The third kappa shape index (κ3) is 2.06. The van der Waals surface area contributed by atoms with E-state index in [0.717, 1.165) is 6.08 Å². The predicted molar refractivity (Wildman–Crippen MR) is 49.3 cm³/mol. The molecule has 0 bridgehead atoms. The molecule has 4 nitrogen and oxygen atoms in total. The Kier molecular flexibility index (Phi) is 3.27. The van der Waals surface area contributed by atoms with Gasteiger partial charge in [-0.25, -0.2) is 8.78 Å². The van der Waals surface area contributed by atoms with Crippen LogP contribution in [0.2, 0.25) is 0 Å². The number of halogens is 3. The molecule has 1 aliphatic rings. The number of hydrogen-bond acceptors (Lipinski definition) is 4. The van der Waals surface area contributed by atoms with E-state index in [1.54, 1.807) is 0 Å². The predicted octanol–water partition coefficient (Wildman–Crippen LogP) is 2.12. The van der Waals surface area contributed by atoms with E-state index in [4.69, 9.17) is 22.1 Å². The van der Waals surface area contributed by atoms with Crippen LogP contribution in [0.5, 0.6) is 0 Å². The second-order valence-corrected chi connectivity index (χ2v) is 2.66. The fraction of sp³-hybridized carbons (Fsp3) is 0. The zero-order chi connectivity index (χ0) is 11.4. The highest BCUT2D eigenvalue weighted by Crippen LogP contribution is 2.25. The summed E-state index contributed by atoms with van der Waals surface area (Å²) >= 11 is 5.43. The topological polar surface area (TPSA) is 72.3 Å². The minimum atomic E-state index is -1.22. The molecule has 7 heteroatoms. The van der Waals surface area contributed by atoms with E-state index in [-0.39, 0.29) is 5.71 Å². The van der Waals surface area contributed by atoms with Crippen molar-refractivity contribution in [2.45, 2.75) is 0 Å². The molecule has 0 atom stereocenters. The molecule has 15 heavy (non-hydrogen) atoms. The first-order valence-electron chi connectivity index (χ1n) is 3.49. The van der Waals surface area contributed by atoms with E-state index < -0.39 is 22.4 Å². The number of nitrogens with zero attached hydrogens (tertiary/aromatic N) is 4. The fourth-order valence-corrected chi connectivity index (χ4v) is 1.05. The van der Waals surface area contributed by atoms with Gasteiger partial charge in [0.1, 0.15) is 16.5 Å². The third-order valence-electron chi connectivity index (χ3n) is 1.45. The number of hydrogen-bond donors (Lipinski definition) is 0. The molecule has 0 heterocycles. The van der Waals surface area contributed by atoms with Crippen LogP contribution in [-0.4, -0.2) is 11.4 Å². The molecule has 0 radical (unpaired) electrons. The molecule has 0 saturated heterocycles. The Morgan fingerprint density at radius 1 is 1.20 bits per heavy atom. The molecule has 0 aliphatic heterocycles. The monoisotopic (exact) mass is 226 g/mol. The summed E-state index contributed by atoms with van der Waals surface area (Å²) in [7, 11) is 0. The molecular weight excluding hydrogens is 226 g/mol. The lowest BCUT2D eigenvalue weighted by Gasteiger charge is -2.08. The van der Waals surface area contributed by atoms with Gasteiger partial charge in [-0.15, -0.1) is 0 Å². The van der Waals surface area contributed by atoms with Gasteiger partial charge in [0.15, 0.2) is 11.7 Å². The number of rotatable bonds is 0. The fourth-order valence-electron chi connectivity index (χ4n) is 0.861. The van der Waals surface area contributed by atoms with Gasteiger partial charge in [-0.05, 0) is 0 Å².